The molecule has 1 heteroatoms. The van der Waals surface area contributed by atoms with E-state index in [1.54, 1.807) is 48.7 Å². The van der Waals surface area contributed by atoms with Crippen LogP contribution < -0.4 is 0 Å². The topological polar surface area (TPSA) is 0 Å². The van der Waals surface area contributed by atoms with Crippen molar-refractivity contribution in [3.63, 3.8) is 0 Å². The van der Waals surface area contributed by atoms with Crippen LogP contribution in [0.3, 0.4) is 0 Å². The summed E-state index contributed by atoms with van der Waals surface area (Å²) in [5.41, 5.74) is 0. The van der Waals surface area contributed by atoms with Crippen molar-refractivity contribution in [2.24, 2.45) is 5.92 Å². The molecule has 0 unspecified atom stereocenters. The lowest BCUT2D eigenvalue weighted by Gasteiger charge is -2.44. The first kappa shape index (κ1) is 9.89. The zero-order chi connectivity index (χ0) is 9.15. The molecule has 2 saturated heterocycles. The van der Waals surface area contributed by atoms with Crippen LogP contribution >= 0.6 is 10.0 Å². The minimum atomic E-state index is -0.0682. The van der Waals surface area contributed by atoms with Crippen molar-refractivity contribution in [2.45, 2.75) is 45.4 Å². The molecular weight excluding hydrogens is 176 g/mol. The van der Waals surface area contributed by atoms with E-state index in [1.807, 2.05) is 0 Å². The fourth-order valence-electron chi connectivity index (χ4n) is 2.83. The van der Waals surface area contributed by atoms with Gasteiger partial charge in [0, 0.05) is 0 Å². The minimum Gasteiger partial charge on any atom is -0.241 e. The van der Waals surface area contributed by atoms with Gasteiger partial charge >= 0.3 is 0 Å². The van der Waals surface area contributed by atoms with Gasteiger partial charge in [0.05, 0.1) is 0 Å². The van der Waals surface area contributed by atoms with Crippen LogP contribution in [0.1, 0.15) is 45.4 Å². The first-order chi connectivity index (χ1) is 6.31. The van der Waals surface area contributed by atoms with Crippen molar-refractivity contribution in [2.75, 3.05) is 23.0 Å². The second kappa shape index (κ2) is 4.25. The molecule has 0 aliphatic carbocycles. The van der Waals surface area contributed by atoms with Gasteiger partial charge in [-0.3, -0.25) is 0 Å². The average Bonchev–Trinajstić information content (AvgIpc) is 2.37. The molecule has 78 valence electrons. The first-order valence-corrected chi connectivity index (χ1v) is 8.36. The van der Waals surface area contributed by atoms with E-state index in [-0.39, 0.29) is 10.0 Å². The van der Waals surface area contributed by atoms with Crippen LogP contribution in [0.25, 0.3) is 0 Å². The zero-order valence-corrected chi connectivity index (χ0v) is 9.87. The van der Waals surface area contributed by atoms with Gasteiger partial charge in [0.15, 0.2) is 0 Å². The lowest BCUT2D eigenvalue weighted by Crippen LogP contribution is -2.24. The van der Waals surface area contributed by atoms with E-state index >= 15 is 0 Å². The maximum atomic E-state index is 2.45. The van der Waals surface area contributed by atoms with Crippen LogP contribution in [0, 0.1) is 5.92 Å². The Morgan fingerprint density at radius 1 is 0.769 bits per heavy atom. The molecule has 0 N–H and O–H groups in total. The third-order valence-corrected chi connectivity index (χ3v) is 8.50. The monoisotopic (exact) mass is 200 g/mol. The highest BCUT2D eigenvalue weighted by atomic mass is 32.3. The third kappa shape index (κ3) is 2.43. The fourth-order valence-corrected chi connectivity index (χ4v) is 7.49. The van der Waals surface area contributed by atoms with Gasteiger partial charge in [0.2, 0.25) is 0 Å². The van der Waals surface area contributed by atoms with Crippen LogP contribution in [0.4, 0.5) is 0 Å². The molecule has 0 atom stereocenters. The van der Waals surface area contributed by atoms with Crippen molar-refractivity contribution < 1.29 is 0 Å². The van der Waals surface area contributed by atoms with Gasteiger partial charge in [-0.05, 0) is 54.6 Å². The van der Waals surface area contributed by atoms with Crippen molar-refractivity contribution in [1.29, 1.82) is 0 Å². The van der Waals surface area contributed by atoms with Gasteiger partial charge in [-0.25, -0.2) is 10.0 Å². The van der Waals surface area contributed by atoms with E-state index in [0.717, 1.165) is 5.92 Å². The van der Waals surface area contributed by atoms with Crippen molar-refractivity contribution in [3.8, 4) is 0 Å². The van der Waals surface area contributed by atoms with Gasteiger partial charge in [0.25, 0.3) is 0 Å². The molecule has 2 rings (SSSR count). The molecule has 13 heavy (non-hydrogen) atoms. The summed E-state index contributed by atoms with van der Waals surface area (Å²) in [6, 6.07) is 0. The van der Waals surface area contributed by atoms with Crippen LogP contribution in [0.2, 0.25) is 0 Å². The van der Waals surface area contributed by atoms with Gasteiger partial charge in [-0.2, -0.15) is 0 Å². The van der Waals surface area contributed by atoms with Gasteiger partial charge in [-0.1, -0.05) is 19.8 Å². The zero-order valence-electron chi connectivity index (χ0n) is 9.06. The Morgan fingerprint density at radius 3 is 1.85 bits per heavy atom. The lowest BCUT2D eigenvalue weighted by atomic mass is 10.1. The summed E-state index contributed by atoms with van der Waals surface area (Å²) in [6.45, 7) is 2.45. The average molecular weight is 200 g/mol. The van der Waals surface area contributed by atoms with Crippen LogP contribution in [0.15, 0.2) is 0 Å². The smallest absolute Gasteiger partial charge is 0.0225 e. The van der Waals surface area contributed by atoms with Crippen LogP contribution in [-0.2, 0) is 0 Å². The minimum absolute atomic E-state index is 0.0682. The van der Waals surface area contributed by atoms with E-state index in [4.69, 9.17) is 0 Å². The molecule has 0 nitrogen and oxygen atoms in total. The Balaban J connectivity index is 1.93. The molecule has 0 aromatic rings. The van der Waals surface area contributed by atoms with E-state index in [0.29, 0.717) is 0 Å². The van der Waals surface area contributed by atoms with Crippen LogP contribution in [0.5, 0.6) is 0 Å². The van der Waals surface area contributed by atoms with Crippen molar-refractivity contribution in [3.05, 3.63) is 0 Å². The predicted molar refractivity (Wildman–Crippen MR) is 63.9 cm³/mol. The molecule has 2 fully saturated rings. The van der Waals surface area contributed by atoms with Crippen molar-refractivity contribution >= 4 is 10.0 Å². The molecule has 0 radical (unpaired) electrons. The normalized spacial score (nSPS) is 32.7. The summed E-state index contributed by atoms with van der Waals surface area (Å²) in [5.74, 6) is 7.59. The molecule has 2 aliphatic rings. The summed E-state index contributed by atoms with van der Waals surface area (Å²) in [7, 11) is -0.0682. The highest BCUT2D eigenvalue weighted by Gasteiger charge is 2.29. The summed E-state index contributed by atoms with van der Waals surface area (Å²) in [4.78, 5) is 0. The second-order valence-electron chi connectivity index (χ2n) is 5.14. The van der Waals surface area contributed by atoms with E-state index in [2.05, 4.69) is 6.92 Å². The standard InChI is InChI=1S/C12H24S/c1-12-6-10-13(11-7-12)8-4-2-3-5-9-13/h12H,2-11H2,1H3. The lowest BCUT2D eigenvalue weighted by molar-refractivity contribution is 0.534. The Labute approximate surface area is 84.8 Å². The predicted octanol–water partition coefficient (Wildman–Crippen LogP) is 3.79. The summed E-state index contributed by atoms with van der Waals surface area (Å²) >= 11 is 0. The molecule has 0 saturated carbocycles. The van der Waals surface area contributed by atoms with Gasteiger partial charge in [0.1, 0.15) is 0 Å². The SMILES string of the molecule is CC1CCS2(CCCCCC2)CC1. The quantitative estimate of drug-likeness (QED) is 0.558. The maximum Gasteiger partial charge on any atom is -0.0225 e. The summed E-state index contributed by atoms with van der Waals surface area (Å²) in [5, 5.41) is 0. The Kier molecular flexibility index (Phi) is 3.23. The maximum absolute atomic E-state index is 2.45. The molecule has 1 spiro atoms. The Bertz CT molecular complexity index is 147. The fraction of sp³-hybridized carbons (Fsp3) is 1.00. The first-order valence-electron chi connectivity index (χ1n) is 6.05. The van der Waals surface area contributed by atoms with Gasteiger partial charge < -0.3 is 0 Å². The number of hydrogen-bond donors (Lipinski definition) is 0. The highest BCUT2D eigenvalue weighted by molar-refractivity contribution is 8.33. The largest absolute Gasteiger partial charge is 0.241 e. The summed E-state index contributed by atoms with van der Waals surface area (Å²) in [6.07, 6.45) is 9.28. The van der Waals surface area contributed by atoms with Crippen LogP contribution in [-0.4, -0.2) is 23.0 Å². The molecule has 0 aromatic carbocycles. The van der Waals surface area contributed by atoms with Crippen molar-refractivity contribution in [1.82, 2.24) is 0 Å². The summed E-state index contributed by atoms with van der Waals surface area (Å²) < 4.78 is 0. The molecule has 0 bridgehead atoms. The number of rotatable bonds is 0. The third-order valence-electron chi connectivity index (χ3n) is 3.99. The molecule has 2 heterocycles. The highest BCUT2D eigenvalue weighted by Crippen LogP contribution is 2.55. The van der Waals surface area contributed by atoms with E-state index in [9.17, 15) is 0 Å². The molecular formula is C12H24S. The van der Waals surface area contributed by atoms with E-state index < -0.39 is 0 Å². The number of hydrogen-bond acceptors (Lipinski definition) is 0. The molecule has 0 aromatic heterocycles. The Hall–Kier alpha value is 0.350. The van der Waals surface area contributed by atoms with Gasteiger partial charge in [-0.15, -0.1) is 0 Å². The Morgan fingerprint density at radius 2 is 1.31 bits per heavy atom. The second-order valence-corrected chi connectivity index (χ2v) is 9.22. The molecule has 0 amide bonds. The molecule has 2 aliphatic heterocycles. The van der Waals surface area contributed by atoms with E-state index in [1.165, 1.54) is 12.8 Å².